The van der Waals surface area contributed by atoms with Crippen LogP contribution in [0, 0.1) is 0 Å². The minimum absolute atomic E-state index is 0.180. The summed E-state index contributed by atoms with van der Waals surface area (Å²) in [5.74, 6) is -0.180. The number of hydrogen-bond donors (Lipinski definition) is 0. The fourth-order valence-electron chi connectivity index (χ4n) is 1.03. The molecule has 0 radical (unpaired) electrons. The Bertz CT molecular complexity index is 224. The number of carbonyl (C=O) groups excluding carboxylic acids is 1. The van der Waals surface area contributed by atoms with Crippen LogP contribution < -0.4 is 0 Å². The molecule has 0 aromatic heterocycles. The predicted molar refractivity (Wildman–Crippen MR) is 43.1 cm³/mol. The van der Waals surface area contributed by atoms with Crippen molar-refractivity contribution in [2.24, 2.45) is 0 Å². The molecule has 0 saturated heterocycles. The average molecular weight is 152 g/mol. The van der Waals surface area contributed by atoms with Crippen molar-refractivity contribution in [2.45, 2.75) is 20.3 Å². The van der Waals surface area contributed by atoms with E-state index in [-0.39, 0.29) is 5.97 Å². The number of rotatable bonds is 2. The quantitative estimate of drug-likeness (QED) is 0.564. The van der Waals surface area contributed by atoms with Crippen molar-refractivity contribution in [3.8, 4) is 0 Å². The zero-order chi connectivity index (χ0) is 8.27. The topological polar surface area (TPSA) is 26.3 Å². The molecule has 0 heterocycles. The van der Waals surface area contributed by atoms with E-state index in [1.54, 1.807) is 0 Å². The maximum Gasteiger partial charge on any atom is 0.334 e. The third-order valence-corrected chi connectivity index (χ3v) is 1.58. The molecule has 0 amide bonds. The van der Waals surface area contributed by atoms with Gasteiger partial charge < -0.3 is 4.74 Å². The molecule has 1 aliphatic carbocycles. The number of hydrogen-bond acceptors (Lipinski definition) is 2. The van der Waals surface area contributed by atoms with Crippen molar-refractivity contribution in [1.29, 1.82) is 0 Å². The highest BCUT2D eigenvalue weighted by Crippen LogP contribution is 2.18. The van der Waals surface area contributed by atoms with E-state index in [1.807, 2.05) is 26.0 Å². The molecule has 1 rings (SSSR count). The summed E-state index contributed by atoms with van der Waals surface area (Å²) in [6, 6.07) is 0. The summed E-state index contributed by atoms with van der Waals surface area (Å²) in [6.07, 6.45) is 4.53. The van der Waals surface area contributed by atoms with Crippen LogP contribution in [0.2, 0.25) is 0 Å². The average Bonchev–Trinajstić information content (AvgIpc) is 2.36. The minimum Gasteiger partial charge on any atom is -0.463 e. The highest BCUT2D eigenvalue weighted by atomic mass is 16.5. The molecule has 2 heteroatoms. The molecule has 60 valence electrons. The van der Waals surface area contributed by atoms with E-state index in [1.165, 1.54) is 5.57 Å². The van der Waals surface area contributed by atoms with Crippen molar-refractivity contribution in [3.63, 3.8) is 0 Å². The fourth-order valence-corrected chi connectivity index (χ4v) is 1.03. The maximum atomic E-state index is 11.1. The molecule has 0 aromatic rings. The lowest BCUT2D eigenvalue weighted by molar-refractivity contribution is -0.138. The first-order valence-corrected chi connectivity index (χ1v) is 3.77. The van der Waals surface area contributed by atoms with E-state index in [4.69, 9.17) is 4.74 Å². The van der Waals surface area contributed by atoms with Gasteiger partial charge in [-0.15, -0.1) is 0 Å². The zero-order valence-electron chi connectivity index (χ0n) is 6.89. The molecular formula is C9H12O2. The molecule has 0 aliphatic heterocycles. The first-order chi connectivity index (χ1) is 5.24. The van der Waals surface area contributed by atoms with Crippen molar-refractivity contribution in [3.05, 3.63) is 23.3 Å². The van der Waals surface area contributed by atoms with Gasteiger partial charge in [0.1, 0.15) is 0 Å². The molecule has 2 nitrogen and oxygen atoms in total. The third kappa shape index (κ3) is 1.93. The standard InChI is InChI=1S/C9H12O2/c1-3-11-9(10)8-5-4-7(2)6-8/h4-5H,3,6H2,1-2H3. The summed E-state index contributed by atoms with van der Waals surface area (Å²) in [4.78, 5) is 11.1. The number of allylic oxidation sites excluding steroid dienone is 3. The van der Waals surface area contributed by atoms with Gasteiger partial charge in [-0.25, -0.2) is 4.79 Å². The smallest absolute Gasteiger partial charge is 0.334 e. The van der Waals surface area contributed by atoms with Gasteiger partial charge in [-0.1, -0.05) is 17.7 Å². The van der Waals surface area contributed by atoms with Crippen molar-refractivity contribution < 1.29 is 9.53 Å². The highest BCUT2D eigenvalue weighted by molar-refractivity contribution is 5.90. The molecule has 0 unspecified atom stereocenters. The number of ether oxygens (including phenoxy) is 1. The van der Waals surface area contributed by atoms with E-state index < -0.39 is 0 Å². The van der Waals surface area contributed by atoms with E-state index in [9.17, 15) is 4.79 Å². The lowest BCUT2D eigenvalue weighted by Crippen LogP contribution is -2.06. The molecule has 0 fully saturated rings. The van der Waals surface area contributed by atoms with Crippen molar-refractivity contribution >= 4 is 5.97 Å². The van der Waals surface area contributed by atoms with Crippen molar-refractivity contribution in [2.75, 3.05) is 6.61 Å². The van der Waals surface area contributed by atoms with Crippen LogP contribution in [-0.2, 0) is 9.53 Å². The van der Waals surface area contributed by atoms with Crippen LogP contribution in [0.15, 0.2) is 23.3 Å². The predicted octanol–water partition coefficient (Wildman–Crippen LogP) is 1.83. The Kier molecular flexibility index (Phi) is 2.47. The summed E-state index contributed by atoms with van der Waals surface area (Å²) < 4.78 is 4.83. The van der Waals surface area contributed by atoms with Crippen LogP contribution in [0.3, 0.4) is 0 Å². The third-order valence-electron chi connectivity index (χ3n) is 1.58. The molecule has 0 aromatic carbocycles. The van der Waals surface area contributed by atoms with Crippen LogP contribution >= 0.6 is 0 Å². The van der Waals surface area contributed by atoms with Gasteiger partial charge in [-0.3, -0.25) is 0 Å². The first-order valence-electron chi connectivity index (χ1n) is 3.77. The van der Waals surface area contributed by atoms with Crippen LogP contribution in [0.5, 0.6) is 0 Å². The van der Waals surface area contributed by atoms with Gasteiger partial charge in [0.2, 0.25) is 0 Å². The van der Waals surface area contributed by atoms with Gasteiger partial charge in [-0.05, 0) is 13.8 Å². The summed E-state index contributed by atoms with van der Waals surface area (Å²) in [5.41, 5.74) is 1.98. The van der Waals surface area contributed by atoms with Gasteiger partial charge in [0.25, 0.3) is 0 Å². The van der Waals surface area contributed by atoms with Crippen molar-refractivity contribution in [1.82, 2.24) is 0 Å². The van der Waals surface area contributed by atoms with Crippen LogP contribution in [-0.4, -0.2) is 12.6 Å². The van der Waals surface area contributed by atoms with Gasteiger partial charge in [-0.2, -0.15) is 0 Å². The maximum absolute atomic E-state index is 11.1. The van der Waals surface area contributed by atoms with Gasteiger partial charge in [0.05, 0.1) is 6.61 Å². The van der Waals surface area contributed by atoms with Crippen LogP contribution in [0.1, 0.15) is 20.3 Å². The summed E-state index contributed by atoms with van der Waals surface area (Å²) in [6.45, 7) is 4.27. The zero-order valence-corrected chi connectivity index (χ0v) is 6.89. The number of carbonyl (C=O) groups is 1. The Morgan fingerprint density at radius 1 is 1.64 bits per heavy atom. The minimum atomic E-state index is -0.180. The van der Waals surface area contributed by atoms with Crippen LogP contribution in [0.25, 0.3) is 0 Å². The highest BCUT2D eigenvalue weighted by Gasteiger charge is 2.13. The van der Waals surface area contributed by atoms with Gasteiger partial charge >= 0.3 is 5.97 Å². The molecule has 0 spiro atoms. The molecular weight excluding hydrogens is 140 g/mol. The Morgan fingerprint density at radius 2 is 2.36 bits per heavy atom. The lowest BCUT2D eigenvalue weighted by Gasteiger charge is -2.01. The SMILES string of the molecule is CCOC(=O)C1=CC=C(C)C1. The molecule has 1 aliphatic rings. The first kappa shape index (κ1) is 8.05. The van der Waals surface area contributed by atoms with Gasteiger partial charge in [0, 0.05) is 12.0 Å². The van der Waals surface area contributed by atoms with E-state index in [0.717, 1.165) is 12.0 Å². The Balaban J connectivity index is 2.47. The fraction of sp³-hybridized carbons (Fsp3) is 0.444. The Hall–Kier alpha value is -1.05. The summed E-state index contributed by atoms with van der Waals surface area (Å²) in [5, 5.41) is 0. The monoisotopic (exact) mass is 152 g/mol. The van der Waals surface area contributed by atoms with E-state index in [2.05, 4.69) is 0 Å². The summed E-state index contributed by atoms with van der Waals surface area (Å²) >= 11 is 0. The Morgan fingerprint density at radius 3 is 2.82 bits per heavy atom. The molecule has 0 saturated carbocycles. The molecule has 0 atom stereocenters. The van der Waals surface area contributed by atoms with Gasteiger partial charge in [0.15, 0.2) is 0 Å². The molecule has 0 N–H and O–H groups in total. The second-order valence-electron chi connectivity index (χ2n) is 2.60. The van der Waals surface area contributed by atoms with Crippen LogP contribution in [0.4, 0.5) is 0 Å². The Labute approximate surface area is 66.5 Å². The second kappa shape index (κ2) is 3.37. The second-order valence-corrected chi connectivity index (χ2v) is 2.60. The largest absolute Gasteiger partial charge is 0.463 e. The lowest BCUT2D eigenvalue weighted by atomic mass is 10.2. The summed E-state index contributed by atoms with van der Waals surface area (Å²) in [7, 11) is 0. The van der Waals surface area contributed by atoms with E-state index >= 15 is 0 Å². The molecule has 11 heavy (non-hydrogen) atoms. The van der Waals surface area contributed by atoms with E-state index in [0.29, 0.717) is 6.61 Å². The number of esters is 1. The molecule has 0 bridgehead atoms. The normalized spacial score (nSPS) is 15.8.